The van der Waals surface area contributed by atoms with Crippen LogP contribution in [0, 0.1) is 13.8 Å². The van der Waals surface area contributed by atoms with Gasteiger partial charge in [0.2, 0.25) is 0 Å². The SMILES string of the molecule is C=C(CC1=CCC=C1c1cc2c(C(C)(C)C)cc(C(C)(C)C)cc2[nH]1)c1c(C)cccc1C. The van der Waals surface area contributed by atoms with Crippen LogP contribution in [0.3, 0.4) is 0 Å². The number of hydrogen-bond acceptors (Lipinski definition) is 0. The van der Waals surface area contributed by atoms with Crippen LogP contribution < -0.4 is 0 Å². The number of fused-ring (bicyclic) bond motifs is 1. The van der Waals surface area contributed by atoms with Crippen molar-refractivity contribution < 1.29 is 0 Å². The van der Waals surface area contributed by atoms with Crippen molar-refractivity contribution in [1.82, 2.24) is 4.98 Å². The van der Waals surface area contributed by atoms with Crippen molar-refractivity contribution in [2.75, 3.05) is 0 Å². The van der Waals surface area contributed by atoms with Gasteiger partial charge in [-0.15, -0.1) is 0 Å². The Morgan fingerprint density at radius 2 is 1.58 bits per heavy atom. The van der Waals surface area contributed by atoms with E-state index in [1.165, 1.54) is 61.1 Å². The second-order valence-electron chi connectivity index (χ2n) is 11.8. The number of aromatic nitrogens is 1. The van der Waals surface area contributed by atoms with Crippen LogP contribution in [-0.4, -0.2) is 4.98 Å². The molecule has 0 aliphatic heterocycles. The first-order valence-electron chi connectivity index (χ1n) is 12.2. The molecule has 1 nitrogen and oxygen atoms in total. The zero-order valence-electron chi connectivity index (χ0n) is 21.7. The van der Waals surface area contributed by atoms with E-state index in [0.29, 0.717) is 0 Å². The van der Waals surface area contributed by atoms with Gasteiger partial charge in [0.05, 0.1) is 0 Å². The van der Waals surface area contributed by atoms with Crippen molar-refractivity contribution in [2.24, 2.45) is 0 Å². The molecule has 1 aromatic heterocycles. The predicted molar refractivity (Wildman–Crippen MR) is 146 cm³/mol. The lowest BCUT2D eigenvalue weighted by Gasteiger charge is -2.25. The standard InChI is InChI=1S/C32H39N/c1-20-12-10-13-21(2)30(20)22(3)16-23-14-11-15-25(23)29-19-26-27(32(7,8)9)17-24(31(4,5)6)18-28(26)33-29/h10,12-15,17-19,33H,3,11,16H2,1-2,4-9H3. The second kappa shape index (κ2) is 8.20. The Bertz CT molecular complexity index is 1270. The third-order valence-electron chi connectivity index (χ3n) is 6.97. The normalized spacial score (nSPS) is 14.5. The van der Waals surface area contributed by atoms with E-state index < -0.39 is 0 Å². The topological polar surface area (TPSA) is 15.8 Å². The number of rotatable bonds is 4. The van der Waals surface area contributed by atoms with Crippen molar-refractivity contribution in [3.05, 3.63) is 94.2 Å². The fourth-order valence-corrected chi connectivity index (χ4v) is 5.14. The van der Waals surface area contributed by atoms with Crippen molar-refractivity contribution in [3.63, 3.8) is 0 Å². The first kappa shape index (κ1) is 23.4. The number of nitrogens with one attached hydrogen (secondary N) is 1. The number of hydrogen-bond donors (Lipinski definition) is 1. The molecule has 0 spiro atoms. The molecule has 0 amide bonds. The molecule has 0 bridgehead atoms. The van der Waals surface area contributed by atoms with Gasteiger partial charge in [0.25, 0.3) is 0 Å². The molecule has 3 aromatic rings. The summed E-state index contributed by atoms with van der Waals surface area (Å²) in [6.07, 6.45) is 6.59. The highest BCUT2D eigenvalue weighted by molar-refractivity contribution is 5.93. The number of benzene rings is 2. The average Bonchev–Trinajstić information content (AvgIpc) is 3.31. The smallest absolute Gasteiger partial charge is 0.0464 e. The molecule has 1 aliphatic rings. The van der Waals surface area contributed by atoms with E-state index in [1.54, 1.807) is 0 Å². The van der Waals surface area contributed by atoms with Crippen LogP contribution in [0.2, 0.25) is 0 Å². The molecule has 1 heterocycles. The van der Waals surface area contributed by atoms with Gasteiger partial charge in [-0.05, 0) is 94.2 Å². The number of allylic oxidation sites excluding steroid dienone is 5. The van der Waals surface area contributed by atoms with Crippen LogP contribution in [0.25, 0.3) is 22.0 Å². The first-order valence-corrected chi connectivity index (χ1v) is 12.2. The Morgan fingerprint density at radius 1 is 0.909 bits per heavy atom. The Kier molecular flexibility index (Phi) is 5.81. The minimum atomic E-state index is 0.0817. The van der Waals surface area contributed by atoms with Gasteiger partial charge in [-0.3, -0.25) is 0 Å². The molecule has 0 atom stereocenters. The predicted octanol–water partition coefficient (Wildman–Crippen LogP) is 9.20. The summed E-state index contributed by atoms with van der Waals surface area (Å²) in [5, 5.41) is 1.34. The van der Waals surface area contributed by atoms with Gasteiger partial charge in [0.1, 0.15) is 0 Å². The van der Waals surface area contributed by atoms with E-state index in [-0.39, 0.29) is 10.8 Å². The van der Waals surface area contributed by atoms with E-state index in [4.69, 9.17) is 0 Å². The Hall–Kier alpha value is -2.80. The van der Waals surface area contributed by atoms with E-state index in [1.807, 2.05) is 0 Å². The highest BCUT2D eigenvalue weighted by Gasteiger charge is 2.24. The van der Waals surface area contributed by atoms with Crippen molar-refractivity contribution >= 4 is 22.0 Å². The summed E-state index contributed by atoms with van der Waals surface area (Å²) >= 11 is 0. The number of aromatic amines is 1. The summed E-state index contributed by atoms with van der Waals surface area (Å²) in [6.45, 7) is 22.7. The average molecular weight is 438 g/mol. The molecule has 172 valence electrons. The van der Waals surface area contributed by atoms with Gasteiger partial charge < -0.3 is 4.98 Å². The van der Waals surface area contributed by atoms with Crippen molar-refractivity contribution in [2.45, 2.75) is 79.1 Å². The summed E-state index contributed by atoms with van der Waals surface area (Å²) in [5.74, 6) is 0. The van der Waals surface area contributed by atoms with Crippen molar-refractivity contribution in [3.8, 4) is 0 Å². The molecule has 0 unspecified atom stereocenters. The van der Waals surface area contributed by atoms with E-state index in [2.05, 4.69) is 116 Å². The lowest BCUT2D eigenvalue weighted by atomic mass is 9.79. The molecule has 1 heteroatoms. The Labute approximate surface area is 200 Å². The lowest BCUT2D eigenvalue weighted by Crippen LogP contribution is -2.16. The van der Waals surface area contributed by atoms with Gasteiger partial charge in [-0.25, -0.2) is 0 Å². The Morgan fingerprint density at radius 3 is 2.18 bits per heavy atom. The molecular weight excluding hydrogens is 398 g/mol. The highest BCUT2D eigenvalue weighted by atomic mass is 14.7. The van der Waals surface area contributed by atoms with Gasteiger partial charge in [0.15, 0.2) is 0 Å². The van der Waals surface area contributed by atoms with Crippen LogP contribution in [0.1, 0.15) is 87.9 Å². The minimum absolute atomic E-state index is 0.0817. The summed E-state index contributed by atoms with van der Waals surface area (Å²) in [6, 6.07) is 13.6. The first-order chi connectivity index (χ1) is 15.4. The van der Waals surface area contributed by atoms with Crippen LogP contribution >= 0.6 is 0 Å². The zero-order valence-corrected chi connectivity index (χ0v) is 21.7. The minimum Gasteiger partial charge on any atom is -0.355 e. The molecule has 0 fully saturated rings. The third-order valence-corrected chi connectivity index (χ3v) is 6.97. The molecular formula is C32H39N. The fraction of sp³-hybridized carbons (Fsp3) is 0.375. The summed E-state index contributed by atoms with van der Waals surface area (Å²) in [4.78, 5) is 3.79. The molecule has 0 radical (unpaired) electrons. The maximum atomic E-state index is 4.49. The largest absolute Gasteiger partial charge is 0.355 e. The van der Waals surface area contributed by atoms with Crippen LogP contribution in [0.15, 0.2) is 60.7 Å². The maximum absolute atomic E-state index is 4.49. The van der Waals surface area contributed by atoms with E-state index in [9.17, 15) is 0 Å². The second-order valence-corrected chi connectivity index (χ2v) is 11.8. The molecule has 33 heavy (non-hydrogen) atoms. The van der Waals surface area contributed by atoms with E-state index >= 15 is 0 Å². The van der Waals surface area contributed by atoms with E-state index in [0.717, 1.165) is 12.8 Å². The molecule has 2 aromatic carbocycles. The number of aryl methyl sites for hydroxylation is 2. The molecule has 1 N–H and O–H groups in total. The van der Waals surface area contributed by atoms with Gasteiger partial charge in [0, 0.05) is 16.6 Å². The zero-order chi connectivity index (χ0) is 24.1. The molecule has 1 aliphatic carbocycles. The summed E-state index contributed by atoms with van der Waals surface area (Å²) in [5.41, 5.74) is 13.3. The van der Waals surface area contributed by atoms with Crippen LogP contribution in [-0.2, 0) is 10.8 Å². The van der Waals surface area contributed by atoms with Crippen LogP contribution in [0.4, 0.5) is 0 Å². The summed E-state index contributed by atoms with van der Waals surface area (Å²) in [7, 11) is 0. The molecule has 0 saturated carbocycles. The summed E-state index contributed by atoms with van der Waals surface area (Å²) < 4.78 is 0. The molecule has 0 saturated heterocycles. The third kappa shape index (κ3) is 4.51. The quantitative estimate of drug-likeness (QED) is 0.418. The van der Waals surface area contributed by atoms with Gasteiger partial charge in [-0.1, -0.05) is 84.5 Å². The van der Waals surface area contributed by atoms with Gasteiger partial charge in [-0.2, -0.15) is 0 Å². The van der Waals surface area contributed by atoms with Crippen molar-refractivity contribution in [1.29, 1.82) is 0 Å². The molecule has 4 rings (SSSR count). The van der Waals surface area contributed by atoms with Gasteiger partial charge >= 0.3 is 0 Å². The fourth-order valence-electron chi connectivity index (χ4n) is 5.14. The number of H-pyrrole nitrogens is 1. The maximum Gasteiger partial charge on any atom is 0.0464 e. The monoisotopic (exact) mass is 437 g/mol. The highest BCUT2D eigenvalue weighted by Crippen LogP contribution is 2.40. The Balaban J connectivity index is 1.73. The lowest BCUT2D eigenvalue weighted by molar-refractivity contribution is 0.573. The van der Waals surface area contributed by atoms with Crippen LogP contribution in [0.5, 0.6) is 0 Å².